The minimum atomic E-state index is -3.70. The van der Waals surface area contributed by atoms with Crippen LogP contribution in [0.5, 0.6) is 0 Å². The highest BCUT2D eigenvalue weighted by Crippen LogP contribution is 2.31. The number of aromatic nitrogens is 2. The van der Waals surface area contributed by atoms with Crippen molar-refractivity contribution in [3.8, 4) is 0 Å². The Kier molecular flexibility index (Phi) is 4.80. The van der Waals surface area contributed by atoms with Gasteiger partial charge in [0, 0.05) is 32.7 Å². The fourth-order valence-corrected chi connectivity index (χ4v) is 4.69. The molecule has 0 bridgehead atoms. The van der Waals surface area contributed by atoms with Crippen molar-refractivity contribution < 1.29 is 17.6 Å². The molecule has 1 N–H and O–H groups in total. The zero-order valence-corrected chi connectivity index (χ0v) is 15.0. The summed E-state index contributed by atoms with van der Waals surface area (Å²) in [6.45, 7) is 4.67. The molecule has 8 heteroatoms. The van der Waals surface area contributed by atoms with E-state index < -0.39 is 16.1 Å². The topological polar surface area (TPSA) is 86.4 Å². The molecule has 0 radical (unpaired) electrons. The van der Waals surface area contributed by atoms with E-state index in [1.165, 1.54) is 0 Å². The van der Waals surface area contributed by atoms with Crippen molar-refractivity contribution in [3.63, 3.8) is 0 Å². The van der Waals surface area contributed by atoms with E-state index in [9.17, 15) is 8.42 Å². The Morgan fingerprint density at radius 3 is 2.58 bits per heavy atom. The number of nitrogens with one attached hydrogen (secondary N) is 1. The van der Waals surface area contributed by atoms with E-state index in [1.54, 1.807) is 26.1 Å². The van der Waals surface area contributed by atoms with Gasteiger partial charge in [0.1, 0.15) is 22.2 Å². The lowest BCUT2D eigenvalue weighted by atomic mass is 9.92. The molecule has 0 amide bonds. The zero-order valence-electron chi connectivity index (χ0n) is 14.2. The van der Waals surface area contributed by atoms with Crippen LogP contribution in [0.25, 0.3) is 0 Å². The minimum absolute atomic E-state index is 0.142. The minimum Gasteiger partial charge on any atom is -0.465 e. The molecule has 3 rings (SSSR count). The highest BCUT2D eigenvalue weighted by atomic mass is 32.2. The number of sulfonamides is 1. The molecular weight excluding hydrogens is 330 g/mol. The summed E-state index contributed by atoms with van der Waals surface area (Å²) in [6, 6.07) is 1.16. The number of hydrogen-bond donors (Lipinski definition) is 1. The Morgan fingerprint density at radius 2 is 2.04 bits per heavy atom. The van der Waals surface area contributed by atoms with Crippen molar-refractivity contribution in [1.29, 1.82) is 0 Å². The Morgan fingerprint density at radius 1 is 1.33 bits per heavy atom. The molecule has 7 nitrogen and oxygen atoms in total. The van der Waals surface area contributed by atoms with Crippen molar-refractivity contribution >= 4 is 10.0 Å². The highest BCUT2D eigenvalue weighted by molar-refractivity contribution is 7.89. The van der Waals surface area contributed by atoms with Crippen LogP contribution in [0, 0.1) is 19.8 Å². The Labute approximate surface area is 142 Å². The lowest BCUT2D eigenvalue weighted by Crippen LogP contribution is -2.37. The Balaban J connectivity index is 1.94. The van der Waals surface area contributed by atoms with Gasteiger partial charge in [0.25, 0.3) is 0 Å². The second-order valence-corrected chi connectivity index (χ2v) is 7.90. The molecule has 0 spiro atoms. The third-order valence-electron chi connectivity index (χ3n) is 4.44. The maximum absolute atomic E-state index is 12.9. The summed E-state index contributed by atoms with van der Waals surface area (Å²) in [7, 11) is -1.83. The summed E-state index contributed by atoms with van der Waals surface area (Å²) in [6.07, 6.45) is 5.10. The summed E-state index contributed by atoms with van der Waals surface area (Å²) in [4.78, 5) is 4.55. The average Bonchev–Trinajstić information content (AvgIpc) is 3.11. The smallest absolute Gasteiger partial charge is 0.244 e. The first-order valence-corrected chi connectivity index (χ1v) is 9.51. The third-order valence-corrected chi connectivity index (χ3v) is 5.99. The van der Waals surface area contributed by atoms with Gasteiger partial charge in [0.2, 0.25) is 10.0 Å². The number of rotatable bonds is 5. The molecule has 1 fully saturated rings. The van der Waals surface area contributed by atoms with Gasteiger partial charge in [-0.3, -0.25) is 0 Å². The fraction of sp³-hybridized carbons (Fsp3) is 0.562. The van der Waals surface area contributed by atoms with Crippen LogP contribution < -0.4 is 4.72 Å². The van der Waals surface area contributed by atoms with Gasteiger partial charge in [-0.15, -0.1) is 0 Å². The van der Waals surface area contributed by atoms with Crippen LogP contribution >= 0.6 is 0 Å². The normalized spacial score (nSPS) is 18.0. The van der Waals surface area contributed by atoms with Crippen molar-refractivity contribution in [2.24, 2.45) is 13.0 Å². The van der Waals surface area contributed by atoms with Crippen molar-refractivity contribution in [2.45, 2.75) is 37.6 Å². The standard InChI is InChI=1S/C16H23N3O4S/c1-11-10-14(12(2)23-11)24(20,21)18-15(13-4-8-22-9-5-13)16-17-6-7-19(16)3/h6-7,10,13,15,18H,4-5,8-9H2,1-3H3/t15-/m1/s1. The van der Waals surface area contributed by atoms with Gasteiger partial charge in [-0.2, -0.15) is 0 Å². The Hall–Kier alpha value is -1.64. The fourth-order valence-electron chi connectivity index (χ4n) is 3.19. The van der Waals surface area contributed by atoms with E-state index in [1.807, 2.05) is 17.8 Å². The molecule has 0 aliphatic carbocycles. The van der Waals surface area contributed by atoms with Crippen LogP contribution in [0.3, 0.4) is 0 Å². The second-order valence-electron chi connectivity index (χ2n) is 6.22. The van der Waals surface area contributed by atoms with Crippen LogP contribution in [0.1, 0.15) is 36.2 Å². The number of hydrogen-bond acceptors (Lipinski definition) is 5. The molecular formula is C16H23N3O4S. The lowest BCUT2D eigenvalue weighted by molar-refractivity contribution is 0.0551. The summed E-state index contributed by atoms with van der Waals surface area (Å²) < 4.78 is 41.3. The molecule has 0 unspecified atom stereocenters. The molecule has 1 aliphatic heterocycles. The largest absolute Gasteiger partial charge is 0.465 e. The second kappa shape index (κ2) is 6.70. The van der Waals surface area contributed by atoms with Crippen LogP contribution in [-0.4, -0.2) is 31.2 Å². The van der Waals surface area contributed by atoms with Crippen LogP contribution in [0.15, 0.2) is 27.8 Å². The predicted octanol–water partition coefficient (Wildman–Crippen LogP) is 2.08. The van der Waals surface area contributed by atoms with Crippen LogP contribution in [0.4, 0.5) is 0 Å². The van der Waals surface area contributed by atoms with Crippen molar-refractivity contribution in [2.75, 3.05) is 13.2 Å². The third kappa shape index (κ3) is 3.40. The average molecular weight is 353 g/mol. The number of ether oxygens (including phenoxy) is 1. The van der Waals surface area contributed by atoms with E-state index in [-0.39, 0.29) is 10.8 Å². The van der Waals surface area contributed by atoms with Crippen molar-refractivity contribution in [1.82, 2.24) is 14.3 Å². The van der Waals surface area contributed by atoms with Gasteiger partial charge in [-0.25, -0.2) is 18.1 Å². The maximum Gasteiger partial charge on any atom is 0.244 e. The first-order chi connectivity index (χ1) is 11.4. The molecule has 132 valence electrons. The molecule has 1 saturated heterocycles. The van der Waals surface area contributed by atoms with Gasteiger partial charge in [0.05, 0.1) is 6.04 Å². The number of furan rings is 1. The Bertz CT molecular complexity index is 803. The van der Waals surface area contributed by atoms with E-state index >= 15 is 0 Å². The maximum atomic E-state index is 12.9. The quantitative estimate of drug-likeness (QED) is 0.889. The first-order valence-electron chi connectivity index (χ1n) is 8.03. The molecule has 2 aromatic rings. The number of aryl methyl sites for hydroxylation is 3. The van der Waals surface area contributed by atoms with Gasteiger partial charge in [-0.05, 0) is 38.7 Å². The SMILES string of the molecule is Cc1cc(S(=O)(=O)N[C@@H](c2nccn2C)C2CCOCC2)c(C)o1. The summed E-state index contributed by atoms with van der Waals surface area (Å²) >= 11 is 0. The predicted molar refractivity (Wildman–Crippen MR) is 88.0 cm³/mol. The van der Waals surface area contributed by atoms with Crippen LogP contribution in [0.2, 0.25) is 0 Å². The van der Waals surface area contributed by atoms with Crippen molar-refractivity contribution in [3.05, 3.63) is 35.8 Å². The zero-order chi connectivity index (χ0) is 17.3. The summed E-state index contributed by atoms with van der Waals surface area (Å²) in [5.74, 6) is 1.82. The molecule has 0 saturated carbocycles. The number of imidazole rings is 1. The highest BCUT2D eigenvalue weighted by Gasteiger charge is 2.33. The lowest BCUT2D eigenvalue weighted by Gasteiger charge is -2.30. The molecule has 1 aliphatic rings. The summed E-state index contributed by atoms with van der Waals surface area (Å²) in [5, 5.41) is 0. The van der Waals surface area contributed by atoms with E-state index in [2.05, 4.69) is 9.71 Å². The monoisotopic (exact) mass is 353 g/mol. The van der Waals surface area contributed by atoms with E-state index in [0.29, 0.717) is 30.6 Å². The number of nitrogens with zero attached hydrogens (tertiary/aromatic N) is 2. The van der Waals surface area contributed by atoms with Gasteiger partial charge in [-0.1, -0.05) is 0 Å². The summed E-state index contributed by atoms with van der Waals surface area (Å²) in [5.41, 5.74) is 0. The van der Waals surface area contributed by atoms with Gasteiger partial charge in [0.15, 0.2) is 0 Å². The molecule has 0 aromatic carbocycles. The molecule has 1 atom stereocenters. The first kappa shape index (κ1) is 17.2. The molecule has 3 heterocycles. The van der Waals surface area contributed by atoms with E-state index in [4.69, 9.17) is 9.15 Å². The van der Waals surface area contributed by atoms with E-state index in [0.717, 1.165) is 12.8 Å². The molecule has 2 aromatic heterocycles. The molecule has 24 heavy (non-hydrogen) atoms. The van der Waals surface area contributed by atoms with Crippen LogP contribution in [-0.2, 0) is 21.8 Å². The van der Waals surface area contributed by atoms with Gasteiger partial charge >= 0.3 is 0 Å². The van der Waals surface area contributed by atoms with Gasteiger partial charge < -0.3 is 13.7 Å².